The van der Waals surface area contributed by atoms with E-state index in [9.17, 15) is 9.59 Å². The van der Waals surface area contributed by atoms with Crippen LogP contribution in [0.3, 0.4) is 0 Å². The molecular weight excluding hydrogens is 475 g/mol. The molecule has 1 saturated heterocycles. The van der Waals surface area contributed by atoms with Crippen molar-refractivity contribution < 1.29 is 9.59 Å². The Morgan fingerprint density at radius 3 is 2.24 bits per heavy atom. The first kappa shape index (κ1) is 26.2. The Morgan fingerprint density at radius 2 is 1.62 bits per heavy atom. The Labute approximate surface area is 210 Å². The van der Waals surface area contributed by atoms with Crippen LogP contribution in [0.15, 0.2) is 18.2 Å². The SMILES string of the molecule is Cc1cc(N2CCN(C(=O)CCCCCCN)CC2)cc(C)c1NC(=O)c1cc(Cl)nc(Cl)n1. The lowest BCUT2D eigenvalue weighted by atomic mass is 10.1. The highest BCUT2D eigenvalue weighted by Gasteiger charge is 2.22. The highest BCUT2D eigenvalue weighted by atomic mass is 35.5. The van der Waals surface area contributed by atoms with Gasteiger partial charge in [0.15, 0.2) is 0 Å². The van der Waals surface area contributed by atoms with E-state index in [1.807, 2.05) is 18.7 Å². The zero-order valence-electron chi connectivity index (χ0n) is 19.7. The van der Waals surface area contributed by atoms with Crippen molar-refractivity contribution >= 4 is 46.4 Å². The second-order valence-electron chi connectivity index (χ2n) is 8.57. The number of benzene rings is 1. The lowest BCUT2D eigenvalue weighted by Crippen LogP contribution is -2.48. The molecular formula is C24H32Cl2N6O2. The van der Waals surface area contributed by atoms with E-state index in [2.05, 4.69) is 32.3 Å². The molecule has 184 valence electrons. The Morgan fingerprint density at radius 1 is 0.971 bits per heavy atom. The van der Waals surface area contributed by atoms with Crippen LogP contribution < -0.4 is 16.0 Å². The van der Waals surface area contributed by atoms with Gasteiger partial charge in [0.05, 0.1) is 0 Å². The Hall–Kier alpha value is -2.42. The zero-order valence-corrected chi connectivity index (χ0v) is 21.3. The lowest BCUT2D eigenvalue weighted by molar-refractivity contribution is -0.131. The van der Waals surface area contributed by atoms with Crippen molar-refractivity contribution in [1.82, 2.24) is 14.9 Å². The molecule has 3 N–H and O–H groups in total. The minimum absolute atomic E-state index is 0.0781. The van der Waals surface area contributed by atoms with Gasteiger partial charge in [-0.3, -0.25) is 9.59 Å². The van der Waals surface area contributed by atoms with Crippen LogP contribution in [-0.2, 0) is 4.79 Å². The number of hydrogen-bond donors (Lipinski definition) is 2. The van der Waals surface area contributed by atoms with E-state index in [-0.39, 0.29) is 22.0 Å². The normalized spacial score (nSPS) is 13.8. The van der Waals surface area contributed by atoms with E-state index >= 15 is 0 Å². The number of aromatic nitrogens is 2. The molecule has 0 atom stereocenters. The Kier molecular flexibility index (Phi) is 9.50. The molecule has 1 aromatic heterocycles. The Bertz CT molecular complexity index is 981. The monoisotopic (exact) mass is 506 g/mol. The summed E-state index contributed by atoms with van der Waals surface area (Å²) in [6, 6.07) is 5.48. The minimum atomic E-state index is -0.402. The maximum absolute atomic E-state index is 12.7. The topological polar surface area (TPSA) is 104 Å². The fourth-order valence-corrected chi connectivity index (χ4v) is 4.56. The second-order valence-corrected chi connectivity index (χ2v) is 9.30. The number of unbranched alkanes of at least 4 members (excludes halogenated alkanes) is 3. The number of nitrogens with two attached hydrogens (primary N) is 1. The number of hydrogen-bond acceptors (Lipinski definition) is 6. The van der Waals surface area contributed by atoms with E-state index < -0.39 is 5.91 Å². The maximum atomic E-state index is 12.7. The van der Waals surface area contributed by atoms with Crippen molar-refractivity contribution in [2.45, 2.75) is 46.0 Å². The summed E-state index contributed by atoms with van der Waals surface area (Å²) in [7, 11) is 0. The van der Waals surface area contributed by atoms with E-state index in [1.165, 1.54) is 6.07 Å². The van der Waals surface area contributed by atoms with Crippen LogP contribution in [0, 0.1) is 13.8 Å². The van der Waals surface area contributed by atoms with E-state index in [0.717, 1.165) is 61.3 Å². The summed E-state index contributed by atoms with van der Waals surface area (Å²) in [4.78, 5) is 37.1. The van der Waals surface area contributed by atoms with Crippen LogP contribution in [0.5, 0.6) is 0 Å². The lowest BCUT2D eigenvalue weighted by Gasteiger charge is -2.36. The summed E-state index contributed by atoms with van der Waals surface area (Å²) in [5.74, 6) is -0.164. The van der Waals surface area contributed by atoms with Crippen molar-refractivity contribution in [1.29, 1.82) is 0 Å². The van der Waals surface area contributed by atoms with Crippen molar-refractivity contribution in [2.24, 2.45) is 5.73 Å². The first-order valence-corrected chi connectivity index (χ1v) is 12.4. The Balaban J connectivity index is 1.58. The predicted octanol–water partition coefficient (Wildman–Crippen LogP) is 4.21. The minimum Gasteiger partial charge on any atom is -0.368 e. The first-order valence-electron chi connectivity index (χ1n) is 11.6. The third-order valence-corrected chi connectivity index (χ3v) is 6.36. The molecule has 2 aromatic rings. The fraction of sp³-hybridized carbons (Fsp3) is 0.500. The van der Waals surface area contributed by atoms with E-state index in [0.29, 0.717) is 26.1 Å². The number of nitrogens with one attached hydrogen (secondary N) is 1. The third kappa shape index (κ3) is 7.04. The summed E-state index contributed by atoms with van der Waals surface area (Å²) in [5.41, 5.74) is 9.30. The van der Waals surface area contributed by atoms with Crippen molar-refractivity contribution in [3.8, 4) is 0 Å². The molecule has 2 heterocycles. The number of rotatable bonds is 9. The highest BCUT2D eigenvalue weighted by Crippen LogP contribution is 2.28. The van der Waals surface area contributed by atoms with Gasteiger partial charge in [-0.05, 0) is 68.1 Å². The number of piperazine rings is 1. The summed E-state index contributed by atoms with van der Waals surface area (Å²) >= 11 is 11.7. The number of carbonyl (C=O) groups is 2. The molecule has 0 bridgehead atoms. The van der Waals surface area contributed by atoms with Crippen LogP contribution in [0.4, 0.5) is 11.4 Å². The number of amides is 2. The van der Waals surface area contributed by atoms with Crippen molar-refractivity contribution in [3.05, 3.63) is 45.5 Å². The van der Waals surface area contributed by atoms with E-state index in [4.69, 9.17) is 28.9 Å². The quantitative estimate of drug-likeness (QED) is 0.299. The van der Waals surface area contributed by atoms with Gasteiger partial charge in [-0.15, -0.1) is 0 Å². The van der Waals surface area contributed by atoms with Crippen molar-refractivity contribution in [3.63, 3.8) is 0 Å². The average Bonchev–Trinajstić information content (AvgIpc) is 2.80. The average molecular weight is 507 g/mol. The number of anilines is 2. The highest BCUT2D eigenvalue weighted by molar-refractivity contribution is 6.32. The molecule has 0 saturated carbocycles. The molecule has 1 aliphatic rings. The fourth-order valence-electron chi connectivity index (χ4n) is 4.15. The molecule has 10 heteroatoms. The van der Waals surface area contributed by atoms with Crippen LogP contribution in [0.25, 0.3) is 0 Å². The standard InChI is InChI=1S/C24H32Cl2N6O2/c1-16-13-18(31-9-11-32(12-10-31)21(33)7-5-3-4-6-8-27)14-17(2)22(16)30-23(34)19-15-20(25)29-24(26)28-19/h13-15H,3-12,27H2,1-2H3,(H,30,34). The maximum Gasteiger partial charge on any atom is 0.274 e. The predicted molar refractivity (Wildman–Crippen MR) is 137 cm³/mol. The molecule has 0 unspecified atom stereocenters. The van der Waals surface area contributed by atoms with Gasteiger partial charge in [0.2, 0.25) is 11.2 Å². The molecule has 0 aliphatic carbocycles. The molecule has 3 rings (SSSR count). The van der Waals surface area contributed by atoms with Crippen LogP contribution in [-0.4, -0.2) is 59.4 Å². The van der Waals surface area contributed by atoms with Gasteiger partial charge >= 0.3 is 0 Å². The first-order chi connectivity index (χ1) is 16.3. The molecule has 8 nitrogen and oxygen atoms in total. The smallest absolute Gasteiger partial charge is 0.274 e. The molecule has 1 fully saturated rings. The van der Waals surface area contributed by atoms with E-state index in [1.54, 1.807) is 0 Å². The molecule has 1 aromatic carbocycles. The largest absolute Gasteiger partial charge is 0.368 e. The van der Waals surface area contributed by atoms with Gasteiger partial charge in [-0.25, -0.2) is 9.97 Å². The van der Waals surface area contributed by atoms with Crippen LogP contribution in [0.1, 0.15) is 53.7 Å². The van der Waals surface area contributed by atoms with Crippen LogP contribution in [0.2, 0.25) is 10.4 Å². The third-order valence-electron chi connectivity index (χ3n) is 6.00. The van der Waals surface area contributed by atoms with Crippen LogP contribution >= 0.6 is 23.2 Å². The van der Waals surface area contributed by atoms with Gasteiger partial charge in [0.25, 0.3) is 5.91 Å². The van der Waals surface area contributed by atoms with Gasteiger partial charge in [-0.2, -0.15) is 0 Å². The summed E-state index contributed by atoms with van der Waals surface area (Å²) < 4.78 is 0. The van der Waals surface area contributed by atoms with Gasteiger partial charge in [0, 0.05) is 50.0 Å². The molecule has 0 radical (unpaired) electrons. The second kappa shape index (κ2) is 12.3. The summed E-state index contributed by atoms with van der Waals surface area (Å²) in [5, 5.41) is 2.94. The number of carbonyl (C=O) groups excluding carboxylic acids is 2. The molecule has 34 heavy (non-hydrogen) atoms. The van der Waals surface area contributed by atoms with Gasteiger partial charge in [0.1, 0.15) is 10.8 Å². The number of halogens is 2. The zero-order chi connectivity index (χ0) is 24.7. The summed E-state index contributed by atoms with van der Waals surface area (Å²) in [6.07, 6.45) is 4.71. The number of aryl methyl sites for hydroxylation is 2. The summed E-state index contributed by atoms with van der Waals surface area (Å²) in [6.45, 7) is 7.62. The molecule has 1 aliphatic heterocycles. The van der Waals surface area contributed by atoms with Crippen molar-refractivity contribution in [2.75, 3.05) is 42.9 Å². The number of nitrogens with zero attached hydrogens (tertiary/aromatic N) is 4. The molecule has 2 amide bonds. The molecule has 0 spiro atoms. The van der Waals surface area contributed by atoms with Gasteiger partial charge in [-0.1, -0.05) is 24.4 Å². The van der Waals surface area contributed by atoms with Gasteiger partial charge < -0.3 is 20.9 Å².